The lowest BCUT2D eigenvalue weighted by Gasteiger charge is -2.32. The highest BCUT2D eigenvalue weighted by Gasteiger charge is 2.35. The lowest BCUT2D eigenvalue weighted by Crippen LogP contribution is -2.48. The van der Waals surface area contributed by atoms with E-state index in [1.54, 1.807) is 0 Å². The van der Waals surface area contributed by atoms with Crippen LogP contribution in [-0.2, 0) is 15.3 Å². The van der Waals surface area contributed by atoms with Crippen LogP contribution in [-0.4, -0.2) is 42.5 Å². The molecule has 0 amide bonds. The molecule has 2 rings (SSSR count). The number of carbonyl (C=O) groups is 1. The molecule has 2 heterocycles. The Kier molecular flexibility index (Phi) is 6.07. The molecule has 0 aliphatic heterocycles. The molecule has 0 saturated carbocycles. The summed E-state index contributed by atoms with van der Waals surface area (Å²) in [7, 11) is -0.0759. The summed E-state index contributed by atoms with van der Waals surface area (Å²) in [5, 5.41) is 4.42. The van der Waals surface area contributed by atoms with Crippen molar-refractivity contribution in [1.29, 1.82) is 0 Å². The van der Waals surface area contributed by atoms with E-state index < -0.39 is 19.9 Å². The van der Waals surface area contributed by atoms with Crippen LogP contribution in [0.3, 0.4) is 0 Å². The quantitative estimate of drug-likeness (QED) is 0.318. The van der Waals surface area contributed by atoms with Gasteiger partial charge >= 0.3 is 5.97 Å². The van der Waals surface area contributed by atoms with Gasteiger partial charge in [-0.2, -0.15) is 5.10 Å². The predicted molar refractivity (Wildman–Crippen MR) is 103 cm³/mol. The normalized spacial score (nSPS) is 14.1. The lowest BCUT2D eigenvalue weighted by atomic mass is 10.1. The Morgan fingerprint density at radius 3 is 2.73 bits per heavy atom. The Labute approximate surface area is 158 Å². The molecule has 1 atom stereocenters. The second-order valence-corrected chi connectivity index (χ2v) is 13.1. The van der Waals surface area contributed by atoms with E-state index in [4.69, 9.17) is 27.8 Å². The van der Waals surface area contributed by atoms with Crippen LogP contribution in [0, 0.1) is 0 Å². The lowest BCUT2D eigenvalue weighted by molar-refractivity contribution is -0.0723. The fourth-order valence-corrected chi connectivity index (χ4v) is 3.13. The highest BCUT2D eigenvalue weighted by Crippen LogP contribution is 2.29. The summed E-state index contributed by atoms with van der Waals surface area (Å²) in [6, 6.07) is 3.91. The van der Waals surface area contributed by atoms with Crippen molar-refractivity contribution in [3.63, 3.8) is 0 Å². The molecule has 0 saturated heterocycles. The van der Waals surface area contributed by atoms with Crippen molar-refractivity contribution in [3.8, 4) is 0 Å². The maximum absolute atomic E-state index is 11.7. The largest absolute Gasteiger partial charge is 0.464 e. The van der Waals surface area contributed by atoms with Crippen molar-refractivity contribution in [1.82, 2.24) is 14.8 Å². The minimum Gasteiger partial charge on any atom is -0.464 e. The summed E-state index contributed by atoms with van der Waals surface area (Å²) < 4.78 is 12.1. The van der Waals surface area contributed by atoms with E-state index in [9.17, 15) is 4.79 Å². The van der Waals surface area contributed by atoms with Crippen LogP contribution >= 0.6 is 11.6 Å². The standard InChI is InChI=1S/C16H24ClN5O3Si/c1-24-15(23)13-5-6-22(21-13)16(19,25-7-8-26(2,3)4)11-9-14(17)20-10-12(11)18/h5-6,9-10H,7-8,18-19H2,1-4H3. The number of hydrogen-bond acceptors (Lipinski definition) is 7. The summed E-state index contributed by atoms with van der Waals surface area (Å²) in [5.41, 5.74) is 13.4. The molecular formula is C16H24ClN5O3Si. The molecule has 2 aromatic rings. The van der Waals surface area contributed by atoms with E-state index in [0.717, 1.165) is 6.04 Å². The Balaban J connectivity index is 2.45. The van der Waals surface area contributed by atoms with Crippen molar-refractivity contribution in [2.75, 3.05) is 19.5 Å². The number of esters is 1. The zero-order valence-electron chi connectivity index (χ0n) is 15.3. The second kappa shape index (κ2) is 7.75. The molecule has 1 unspecified atom stereocenters. The maximum atomic E-state index is 11.7. The predicted octanol–water partition coefficient (Wildman–Crippen LogP) is 2.27. The third kappa shape index (κ3) is 4.61. The minimum atomic E-state index is -1.54. The first-order valence-corrected chi connectivity index (χ1v) is 12.1. The van der Waals surface area contributed by atoms with Gasteiger partial charge in [-0.05, 0) is 18.2 Å². The van der Waals surface area contributed by atoms with Crippen molar-refractivity contribution in [3.05, 3.63) is 40.9 Å². The van der Waals surface area contributed by atoms with Gasteiger partial charge in [0.05, 0.1) is 19.0 Å². The smallest absolute Gasteiger partial charge is 0.358 e. The first kappa shape index (κ1) is 20.4. The van der Waals surface area contributed by atoms with Crippen LogP contribution in [0.4, 0.5) is 5.69 Å². The molecule has 0 spiro atoms. The van der Waals surface area contributed by atoms with Crippen LogP contribution in [0.2, 0.25) is 30.8 Å². The van der Waals surface area contributed by atoms with Crippen LogP contribution in [0.15, 0.2) is 24.5 Å². The molecule has 0 aromatic carbocycles. The molecule has 0 fully saturated rings. The third-order valence-electron chi connectivity index (χ3n) is 3.79. The molecule has 0 aliphatic rings. The van der Waals surface area contributed by atoms with E-state index in [2.05, 4.69) is 34.5 Å². The molecule has 10 heteroatoms. The molecule has 0 radical (unpaired) electrons. The first-order chi connectivity index (χ1) is 12.1. The number of anilines is 1. The molecule has 2 aromatic heterocycles. The summed E-state index contributed by atoms with van der Waals surface area (Å²) in [4.78, 5) is 15.7. The Hall–Kier alpha value is -1.94. The summed E-state index contributed by atoms with van der Waals surface area (Å²) in [6.45, 7) is 7.10. The van der Waals surface area contributed by atoms with E-state index in [0.29, 0.717) is 17.9 Å². The van der Waals surface area contributed by atoms with Crippen LogP contribution in [0.25, 0.3) is 0 Å². The fraction of sp³-hybridized carbons (Fsp3) is 0.438. The number of methoxy groups -OCH3 is 1. The zero-order valence-corrected chi connectivity index (χ0v) is 17.1. The van der Waals surface area contributed by atoms with E-state index in [-0.39, 0.29) is 10.8 Å². The van der Waals surface area contributed by atoms with E-state index >= 15 is 0 Å². The number of nitrogens with two attached hydrogens (primary N) is 2. The number of halogens is 1. The fourth-order valence-electron chi connectivity index (χ4n) is 2.25. The highest BCUT2D eigenvalue weighted by atomic mass is 35.5. The van der Waals surface area contributed by atoms with Gasteiger partial charge < -0.3 is 15.2 Å². The van der Waals surface area contributed by atoms with Gasteiger partial charge in [0, 0.05) is 26.4 Å². The third-order valence-corrected chi connectivity index (χ3v) is 5.70. The van der Waals surface area contributed by atoms with Crippen LogP contribution < -0.4 is 11.5 Å². The van der Waals surface area contributed by atoms with Gasteiger partial charge in [0.15, 0.2) is 5.69 Å². The topological polar surface area (TPSA) is 118 Å². The SMILES string of the molecule is COC(=O)c1ccn(C(N)(OCC[Si](C)(C)C)c2cc(Cl)ncc2N)n1. The molecule has 4 N–H and O–H groups in total. The molecule has 26 heavy (non-hydrogen) atoms. The summed E-state index contributed by atoms with van der Waals surface area (Å²) in [5.74, 6) is -2.11. The number of rotatable bonds is 7. The number of nitrogens with zero attached hydrogens (tertiary/aromatic N) is 3. The monoisotopic (exact) mass is 397 g/mol. The highest BCUT2D eigenvalue weighted by molar-refractivity contribution is 6.76. The van der Waals surface area contributed by atoms with Gasteiger partial charge in [-0.1, -0.05) is 31.2 Å². The van der Waals surface area contributed by atoms with Gasteiger partial charge in [-0.25, -0.2) is 14.5 Å². The maximum Gasteiger partial charge on any atom is 0.358 e. The number of pyridine rings is 1. The number of nitrogen functional groups attached to an aromatic ring is 1. The van der Waals surface area contributed by atoms with Crippen molar-refractivity contribution < 1.29 is 14.3 Å². The van der Waals surface area contributed by atoms with Crippen molar-refractivity contribution in [2.45, 2.75) is 31.5 Å². The Morgan fingerprint density at radius 2 is 2.12 bits per heavy atom. The number of hydrogen-bond donors (Lipinski definition) is 2. The number of carbonyl (C=O) groups excluding carboxylic acids is 1. The number of aromatic nitrogens is 3. The molecule has 0 bridgehead atoms. The van der Waals surface area contributed by atoms with E-state index in [1.807, 2.05) is 0 Å². The molecular weight excluding hydrogens is 374 g/mol. The summed E-state index contributed by atoms with van der Waals surface area (Å²) >= 11 is 6.02. The van der Waals surface area contributed by atoms with Gasteiger partial charge in [0.25, 0.3) is 0 Å². The van der Waals surface area contributed by atoms with E-state index in [1.165, 1.54) is 36.3 Å². The average Bonchev–Trinajstić information content (AvgIpc) is 3.05. The number of ether oxygens (including phenoxy) is 2. The average molecular weight is 398 g/mol. The second-order valence-electron chi connectivity index (χ2n) is 7.09. The van der Waals surface area contributed by atoms with Gasteiger partial charge in [-0.3, -0.25) is 5.73 Å². The van der Waals surface area contributed by atoms with Crippen molar-refractivity contribution in [2.24, 2.45) is 5.73 Å². The zero-order chi connectivity index (χ0) is 19.5. The summed E-state index contributed by atoms with van der Waals surface area (Å²) in [6.07, 6.45) is 2.94. The van der Waals surface area contributed by atoms with Gasteiger partial charge in [0.2, 0.25) is 5.85 Å². The molecule has 0 aliphatic carbocycles. The molecule has 8 nitrogen and oxygen atoms in total. The molecule has 142 valence electrons. The van der Waals surface area contributed by atoms with Gasteiger partial charge in [-0.15, -0.1) is 0 Å². The van der Waals surface area contributed by atoms with Crippen molar-refractivity contribution >= 4 is 31.3 Å². The minimum absolute atomic E-state index is 0.106. The first-order valence-electron chi connectivity index (χ1n) is 8.05. The van der Waals surface area contributed by atoms with Crippen LogP contribution in [0.5, 0.6) is 0 Å². The van der Waals surface area contributed by atoms with Gasteiger partial charge in [0.1, 0.15) is 5.15 Å². The Morgan fingerprint density at radius 1 is 1.42 bits per heavy atom. The Bertz CT molecular complexity index is 792. The van der Waals surface area contributed by atoms with Crippen LogP contribution in [0.1, 0.15) is 16.1 Å².